The quantitative estimate of drug-likeness (QED) is 0.352. The van der Waals surface area contributed by atoms with E-state index >= 15 is 0 Å². The second-order valence-corrected chi connectivity index (χ2v) is 5.85. The van der Waals surface area contributed by atoms with Gasteiger partial charge in [0.15, 0.2) is 12.4 Å². The highest BCUT2D eigenvalue weighted by molar-refractivity contribution is 5.95. The molecule has 0 radical (unpaired) electrons. The van der Waals surface area contributed by atoms with Crippen LogP contribution in [0, 0.1) is 17.0 Å². The maximum absolute atomic E-state index is 12.0. The van der Waals surface area contributed by atoms with E-state index in [9.17, 15) is 24.8 Å². The molecular weight excluding hydrogens is 382 g/mol. The van der Waals surface area contributed by atoms with Gasteiger partial charge in [-0.15, -0.1) is 0 Å². The molecule has 0 atom stereocenters. The number of aromatic nitrogens is 2. The van der Waals surface area contributed by atoms with Crippen molar-refractivity contribution in [2.24, 2.45) is 5.10 Å². The third-order valence-corrected chi connectivity index (χ3v) is 3.95. The second kappa shape index (κ2) is 8.17. The summed E-state index contributed by atoms with van der Waals surface area (Å²) in [6.07, 6.45) is 2.31. The molecule has 0 aliphatic rings. The lowest BCUT2D eigenvalue weighted by atomic mass is 10.1. The molecule has 11 nitrogen and oxygen atoms in total. The predicted octanol–water partition coefficient (Wildman–Crippen LogP) is 2.21. The number of aryl methyl sites for hydroxylation is 1. The number of rotatable bonds is 7. The Morgan fingerprint density at radius 2 is 2.10 bits per heavy atom. The Balaban J connectivity index is 1.67. The molecule has 0 bridgehead atoms. The Morgan fingerprint density at radius 1 is 1.34 bits per heavy atom. The second-order valence-electron chi connectivity index (χ2n) is 5.85. The van der Waals surface area contributed by atoms with Crippen LogP contribution in [0.5, 0.6) is 0 Å². The van der Waals surface area contributed by atoms with Crippen LogP contribution in [0.2, 0.25) is 0 Å². The number of hydrogen-bond acceptors (Lipinski definition) is 7. The Kier molecular flexibility index (Phi) is 5.49. The first kappa shape index (κ1) is 19.5. The van der Waals surface area contributed by atoms with Crippen LogP contribution in [-0.2, 0) is 11.3 Å². The summed E-state index contributed by atoms with van der Waals surface area (Å²) in [4.78, 5) is 37.4. The van der Waals surface area contributed by atoms with E-state index in [0.717, 1.165) is 10.8 Å². The summed E-state index contributed by atoms with van der Waals surface area (Å²) in [5.74, 6) is -1.03. The smallest absolute Gasteiger partial charge is 0.343 e. The number of carbonyl (C=O) groups excluding carboxylic acids is 1. The lowest BCUT2D eigenvalue weighted by Gasteiger charge is -2.02. The van der Waals surface area contributed by atoms with Gasteiger partial charge in [-0.3, -0.25) is 4.79 Å². The average molecular weight is 397 g/mol. The first-order valence-electron chi connectivity index (χ1n) is 8.27. The molecular formula is C18H15N5O6. The van der Waals surface area contributed by atoms with Gasteiger partial charge in [0.05, 0.1) is 11.8 Å². The number of hydrazone groups is 1. The van der Waals surface area contributed by atoms with Crippen molar-refractivity contribution in [3.8, 4) is 11.3 Å². The number of benzene rings is 1. The predicted molar refractivity (Wildman–Crippen MR) is 100 cm³/mol. The van der Waals surface area contributed by atoms with Crippen LogP contribution >= 0.6 is 0 Å². The van der Waals surface area contributed by atoms with Crippen molar-refractivity contribution in [1.29, 1.82) is 0 Å². The van der Waals surface area contributed by atoms with Crippen LogP contribution in [-0.4, -0.2) is 37.7 Å². The van der Waals surface area contributed by atoms with Gasteiger partial charge in [-0.25, -0.2) is 19.8 Å². The summed E-state index contributed by atoms with van der Waals surface area (Å²) in [5, 5.41) is 23.9. The summed E-state index contributed by atoms with van der Waals surface area (Å²) >= 11 is 0. The summed E-state index contributed by atoms with van der Waals surface area (Å²) in [6.45, 7) is 1.22. The minimum Gasteiger partial charge on any atom is -0.478 e. The molecule has 2 N–H and O–H groups in total. The molecule has 29 heavy (non-hydrogen) atoms. The van der Waals surface area contributed by atoms with E-state index in [1.807, 2.05) is 0 Å². The normalized spacial score (nSPS) is 10.9. The Morgan fingerprint density at radius 3 is 2.83 bits per heavy atom. The zero-order chi connectivity index (χ0) is 21.0. The van der Waals surface area contributed by atoms with E-state index in [1.54, 1.807) is 37.3 Å². The summed E-state index contributed by atoms with van der Waals surface area (Å²) in [7, 11) is 0. The van der Waals surface area contributed by atoms with Gasteiger partial charge in [0.2, 0.25) is 0 Å². The minimum absolute atomic E-state index is 0.0935. The van der Waals surface area contributed by atoms with Crippen LogP contribution in [0.1, 0.15) is 21.9 Å². The van der Waals surface area contributed by atoms with Gasteiger partial charge in [-0.1, -0.05) is 18.2 Å². The number of nitro groups is 1. The molecule has 148 valence electrons. The largest absolute Gasteiger partial charge is 0.478 e. The number of carboxylic acid groups (broad SMARTS) is 1. The van der Waals surface area contributed by atoms with Crippen LogP contribution in [0.25, 0.3) is 11.3 Å². The van der Waals surface area contributed by atoms with E-state index in [4.69, 9.17) is 4.42 Å². The third-order valence-electron chi connectivity index (χ3n) is 3.95. The SMILES string of the molecule is Cc1ncc([N+](=O)[O-])n1CC(=O)N/N=C/c1ccc(-c2ccccc2C(=O)O)o1. The van der Waals surface area contributed by atoms with Crippen LogP contribution in [0.4, 0.5) is 5.82 Å². The summed E-state index contributed by atoms with van der Waals surface area (Å²) in [6, 6.07) is 9.53. The Bertz CT molecular complexity index is 1110. The van der Waals surface area contributed by atoms with Crippen molar-refractivity contribution >= 4 is 23.9 Å². The maximum Gasteiger partial charge on any atom is 0.343 e. The topological polar surface area (TPSA) is 153 Å². The van der Waals surface area contributed by atoms with Gasteiger partial charge >= 0.3 is 11.8 Å². The molecule has 1 amide bonds. The highest BCUT2D eigenvalue weighted by Gasteiger charge is 2.20. The lowest BCUT2D eigenvalue weighted by Crippen LogP contribution is -2.24. The molecule has 3 rings (SSSR count). The maximum atomic E-state index is 12.0. The Labute approximate surface area is 163 Å². The van der Waals surface area contributed by atoms with Crippen molar-refractivity contribution < 1.29 is 24.0 Å². The van der Waals surface area contributed by atoms with Gasteiger partial charge in [0.25, 0.3) is 5.91 Å². The van der Waals surface area contributed by atoms with Gasteiger partial charge < -0.3 is 19.6 Å². The molecule has 11 heteroatoms. The zero-order valence-corrected chi connectivity index (χ0v) is 15.1. The average Bonchev–Trinajstić information content (AvgIpc) is 3.29. The fraction of sp³-hybridized carbons (Fsp3) is 0.111. The monoisotopic (exact) mass is 397 g/mol. The number of carboxylic acids is 1. The van der Waals surface area contributed by atoms with Crippen molar-refractivity contribution in [2.45, 2.75) is 13.5 Å². The molecule has 3 aromatic rings. The van der Waals surface area contributed by atoms with Crippen molar-refractivity contribution in [1.82, 2.24) is 15.0 Å². The van der Waals surface area contributed by atoms with Crippen LogP contribution in [0.3, 0.4) is 0 Å². The van der Waals surface area contributed by atoms with Crippen molar-refractivity contribution in [3.63, 3.8) is 0 Å². The number of carbonyl (C=O) groups is 2. The van der Waals surface area contributed by atoms with E-state index in [2.05, 4.69) is 15.5 Å². The molecule has 0 fully saturated rings. The molecule has 0 saturated heterocycles. The summed E-state index contributed by atoms with van der Waals surface area (Å²) < 4.78 is 6.70. The van der Waals surface area contributed by atoms with Crippen LogP contribution < -0.4 is 5.43 Å². The van der Waals surface area contributed by atoms with Crippen molar-refractivity contribution in [2.75, 3.05) is 0 Å². The zero-order valence-electron chi connectivity index (χ0n) is 15.1. The molecule has 0 unspecified atom stereocenters. The van der Waals surface area contributed by atoms with Gasteiger partial charge in [-0.05, 0) is 23.1 Å². The Hall–Kier alpha value is -4.28. The minimum atomic E-state index is -1.08. The number of nitrogens with zero attached hydrogens (tertiary/aromatic N) is 4. The highest BCUT2D eigenvalue weighted by atomic mass is 16.6. The number of hydrogen-bond donors (Lipinski definition) is 2. The number of nitrogens with one attached hydrogen (secondary N) is 1. The number of furan rings is 1. The fourth-order valence-electron chi connectivity index (χ4n) is 2.60. The van der Waals surface area contributed by atoms with E-state index in [0.29, 0.717) is 17.1 Å². The fourth-order valence-corrected chi connectivity index (χ4v) is 2.60. The third kappa shape index (κ3) is 4.35. The molecule has 2 aromatic heterocycles. The van der Waals surface area contributed by atoms with E-state index < -0.39 is 16.8 Å². The molecule has 0 aliphatic carbocycles. The van der Waals surface area contributed by atoms with Gasteiger partial charge in [0, 0.05) is 12.5 Å². The number of amides is 1. The molecule has 0 aliphatic heterocycles. The van der Waals surface area contributed by atoms with Gasteiger partial charge in [0.1, 0.15) is 17.7 Å². The van der Waals surface area contributed by atoms with E-state index in [1.165, 1.54) is 12.3 Å². The summed E-state index contributed by atoms with van der Waals surface area (Å²) in [5.41, 5.74) is 2.75. The first-order valence-corrected chi connectivity index (χ1v) is 8.27. The molecule has 0 spiro atoms. The first-order chi connectivity index (χ1) is 13.9. The highest BCUT2D eigenvalue weighted by Crippen LogP contribution is 2.25. The molecule has 2 heterocycles. The lowest BCUT2D eigenvalue weighted by molar-refractivity contribution is -0.392. The van der Waals surface area contributed by atoms with Crippen molar-refractivity contribution in [3.05, 3.63) is 69.9 Å². The number of imidazole rings is 1. The molecule has 0 saturated carbocycles. The number of aromatic carboxylic acids is 1. The van der Waals surface area contributed by atoms with Crippen LogP contribution in [0.15, 0.2) is 52.1 Å². The van der Waals surface area contributed by atoms with Gasteiger partial charge in [-0.2, -0.15) is 5.10 Å². The van der Waals surface area contributed by atoms with E-state index in [-0.39, 0.29) is 23.7 Å². The standard InChI is InChI=1S/C18H15N5O6/c1-11-19-9-17(23(27)28)22(11)10-16(24)21-20-8-12-6-7-15(29-12)13-4-2-3-5-14(13)18(25)26/h2-9H,10H2,1H3,(H,21,24)(H,25,26)/b20-8+. The molecule has 1 aromatic carbocycles.